The molecule has 1 heterocycles. The van der Waals surface area contributed by atoms with E-state index < -0.39 is 11.1 Å². The molecule has 1 N–H and O–H groups in total. The van der Waals surface area contributed by atoms with Crippen molar-refractivity contribution in [3.8, 4) is 0 Å². The molecule has 19 heavy (non-hydrogen) atoms. The van der Waals surface area contributed by atoms with Gasteiger partial charge in [0.2, 0.25) is 11.8 Å². The maximum atomic E-state index is 12.9. The molecule has 1 saturated carbocycles. The van der Waals surface area contributed by atoms with Gasteiger partial charge in [0.05, 0.1) is 0 Å². The molecule has 2 aliphatic rings. The third-order valence-electron chi connectivity index (χ3n) is 4.74. The lowest BCUT2D eigenvalue weighted by Gasteiger charge is -2.51. The second kappa shape index (κ2) is 4.50. The third-order valence-corrected chi connectivity index (χ3v) is 4.74. The summed E-state index contributed by atoms with van der Waals surface area (Å²) in [5.41, 5.74) is -1.44. The van der Waals surface area contributed by atoms with Gasteiger partial charge in [-0.2, -0.15) is 0 Å². The SMILES string of the molecule is CCCC(C)N1C(=O)C(C)(C2CC2)NC(=O)C1(C)C. The molecule has 0 aromatic heterocycles. The molecule has 2 unspecified atom stereocenters. The minimum Gasteiger partial charge on any atom is -0.340 e. The smallest absolute Gasteiger partial charge is 0.249 e. The van der Waals surface area contributed by atoms with Gasteiger partial charge in [0, 0.05) is 6.04 Å². The zero-order chi connectivity index (χ0) is 14.4. The van der Waals surface area contributed by atoms with Crippen LogP contribution in [-0.2, 0) is 9.59 Å². The van der Waals surface area contributed by atoms with Gasteiger partial charge in [-0.3, -0.25) is 9.59 Å². The molecule has 1 saturated heterocycles. The van der Waals surface area contributed by atoms with Gasteiger partial charge < -0.3 is 10.2 Å². The van der Waals surface area contributed by atoms with Crippen molar-refractivity contribution in [3.63, 3.8) is 0 Å². The molecule has 1 aliphatic carbocycles. The van der Waals surface area contributed by atoms with E-state index in [2.05, 4.69) is 19.2 Å². The molecular weight excluding hydrogens is 240 g/mol. The number of hydrogen-bond acceptors (Lipinski definition) is 2. The molecule has 108 valence electrons. The largest absolute Gasteiger partial charge is 0.340 e. The summed E-state index contributed by atoms with van der Waals surface area (Å²) in [5.74, 6) is 0.390. The standard InChI is InChI=1S/C15H26N2O2/c1-6-7-10(2)17-13(19)15(5,11-8-9-11)16-12(18)14(17,3)4/h10-11H,6-9H2,1-5H3,(H,16,18). The minimum absolute atomic E-state index is 0.0237. The van der Waals surface area contributed by atoms with Crippen LogP contribution in [0.2, 0.25) is 0 Å². The molecule has 0 spiro atoms. The van der Waals surface area contributed by atoms with Crippen LogP contribution in [0.3, 0.4) is 0 Å². The molecule has 0 bridgehead atoms. The second-order valence-electron chi connectivity index (χ2n) is 6.80. The number of nitrogens with zero attached hydrogens (tertiary/aromatic N) is 1. The molecule has 2 atom stereocenters. The Morgan fingerprint density at radius 2 is 1.89 bits per heavy atom. The number of carbonyl (C=O) groups is 2. The summed E-state index contributed by atoms with van der Waals surface area (Å²) in [5, 5.41) is 2.99. The Hall–Kier alpha value is -1.06. The van der Waals surface area contributed by atoms with Gasteiger partial charge in [-0.15, -0.1) is 0 Å². The lowest BCUT2D eigenvalue weighted by molar-refractivity contribution is -0.164. The molecule has 1 aliphatic heterocycles. The summed E-state index contributed by atoms with van der Waals surface area (Å²) in [6, 6.07) is 0.108. The quantitative estimate of drug-likeness (QED) is 0.847. The van der Waals surface area contributed by atoms with E-state index in [-0.39, 0.29) is 17.9 Å². The molecule has 4 nitrogen and oxygen atoms in total. The Balaban J connectivity index is 2.34. The van der Waals surface area contributed by atoms with E-state index in [1.165, 1.54) is 0 Å². The van der Waals surface area contributed by atoms with Crippen molar-refractivity contribution < 1.29 is 9.59 Å². The molecule has 4 heteroatoms. The fraction of sp³-hybridized carbons (Fsp3) is 0.867. The van der Waals surface area contributed by atoms with Gasteiger partial charge in [-0.1, -0.05) is 13.3 Å². The van der Waals surface area contributed by atoms with Crippen LogP contribution in [0.1, 0.15) is 60.3 Å². The number of carbonyl (C=O) groups excluding carboxylic acids is 2. The predicted molar refractivity (Wildman–Crippen MR) is 74.6 cm³/mol. The van der Waals surface area contributed by atoms with Crippen molar-refractivity contribution >= 4 is 11.8 Å². The van der Waals surface area contributed by atoms with Crippen LogP contribution in [0.4, 0.5) is 0 Å². The Kier molecular flexibility index (Phi) is 3.40. The molecule has 0 aromatic carbocycles. The van der Waals surface area contributed by atoms with Crippen LogP contribution >= 0.6 is 0 Å². The zero-order valence-electron chi connectivity index (χ0n) is 12.7. The van der Waals surface area contributed by atoms with Crippen LogP contribution in [0, 0.1) is 5.92 Å². The van der Waals surface area contributed by atoms with Crippen LogP contribution in [0.25, 0.3) is 0 Å². The van der Waals surface area contributed by atoms with Crippen molar-refractivity contribution in [2.45, 2.75) is 77.4 Å². The van der Waals surface area contributed by atoms with Crippen molar-refractivity contribution in [1.82, 2.24) is 10.2 Å². The van der Waals surface area contributed by atoms with E-state index in [1.807, 2.05) is 25.7 Å². The highest BCUT2D eigenvalue weighted by molar-refractivity contribution is 6.02. The highest BCUT2D eigenvalue weighted by Crippen LogP contribution is 2.44. The molecule has 0 radical (unpaired) electrons. The van der Waals surface area contributed by atoms with Crippen LogP contribution in [0.5, 0.6) is 0 Å². The van der Waals surface area contributed by atoms with Crippen molar-refractivity contribution in [1.29, 1.82) is 0 Å². The molecule has 2 amide bonds. The van der Waals surface area contributed by atoms with Crippen molar-refractivity contribution in [3.05, 3.63) is 0 Å². The summed E-state index contributed by atoms with van der Waals surface area (Å²) >= 11 is 0. The average Bonchev–Trinajstić information content (AvgIpc) is 3.11. The minimum atomic E-state index is -0.750. The molecule has 2 rings (SSSR count). The lowest BCUT2D eigenvalue weighted by Crippen LogP contribution is -2.75. The van der Waals surface area contributed by atoms with Gasteiger partial charge in [0.15, 0.2) is 0 Å². The third kappa shape index (κ3) is 2.15. The maximum Gasteiger partial charge on any atom is 0.249 e. The van der Waals surface area contributed by atoms with E-state index in [0.29, 0.717) is 5.92 Å². The number of rotatable bonds is 4. The fourth-order valence-electron chi connectivity index (χ4n) is 3.29. The number of amides is 2. The summed E-state index contributed by atoms with van der Waals surface area (Å²) in [7, 11) is 0. The van der Waals surface area contributed by atoms with E-state index >= 15 is 0 Å². The number of nitrogens with one attached hydrogen (secondary N) is 1. The Bertz CT molecular complexity index is 401. The van der Waals surface area contributed by atoms with Gasteiger partial charge >= 0.3 is 0 Å². The van der Waals surface area contributed by atoms with E-state index in [9.17, 15) is 9.59 Å². The first kappa shape index (κ1) is 14.4. The van der Waals surface area contributed by atoms with Crippen molar-refractivity contribution in [2.24, 2.45) is 5.92 Å². The van der Waals surface area contributed by atoms with Crippen molar-refractivity contribution in [2.75, 3.05) is 0 Å². The van der Waals surface area contributed by atoms with Gasteiger partial charge in [-0.05, 0) is 52.9 Å². The van der Waals surface area contributed by atoms with E-state index in [4.69, 9.17) is 0 Å². The topological polar surface area (TPSA) is 49.4 Å². The van der Waals surface area contributed by atoms with Gasteiger partial charge in [-0.25, -0.2) is 0 Å². The fourth-order valence-corrected chi connectivity index (χ4v) is 3.29. The van der Waals surface area contributed by atoms with Crippen LogP contribution < -0.4 is 5.32 Å². The molecule has 2 fully saturated rings. The Morgan fingerprint density at radius 1 is 1.32 bits per heavy atom. The average molecular weight is 266 g/mol. The second-order valence-corrected chi connectivity index (χ2v) is 6.80. The Morgan fingerprint density at radius 3 is 2.37 bits per heavy atom. The molecule has 0 aromatic rings. The van der Waals surface area contributed by atoms with Crippen LogP contribution in [-0.4, -0.2) is 33.8 Å². The predicted octanol–water partition coefficient (Wildman–Crippen LogP) is 2.08. The summed E-state index contributed by atoms with van der Waals surface area (Å²) in [6.07, 6.45) is 4.03. The monoisotopic (exact) mass is 266 g/mol. The first-order valence-electron chi connectivity index (χ1n) is 7.41. The lowest BCUT2D eigenvalue weighted by atomic mass is 9.83. The van der Waals surface area contributed by atoms with E-state index in [1.54, 1.807) is 0 Å². The van der Waals surface area contributed by atoms with Gasteiger partial charge in [0.1, 0.15) is 11.1 Å². The van der Waals surface area contributed by atoms with Gasteiger partial charge in [0.25, 0.3) is 0 Å². The number of hydrogen-bond donors (Lipinski definition) is 1. The summed E-state index contributed by atoms with van der Waals surface area (Å²) in [6.45, 7) is 9.75. The highest BCUT2D eigenvalue weighted by Gasteiger charge is 2.58. The molecular formula is C15H26N2O2. The highest BCUT2D eigenvalue weighted by atomic mass is 16.2. The zero-order valence-corrected chi connectivity index (χ0v) is 12.7. The first-order valence-corrected chi connectivity index (χ1v) is 7.41. The van der Waals surface area contributed by atoms with Crippen LogP contribution in [0.15, 0.2) is 0 Å². The van der Waals surface area contributed by atoms with E-state index in [0.717, 1.165) is 25.7 Å². The summed E-state index contributed by atoms with van der Waals surface area (Å²) in [4.78, 5) is 27.2. The Labute approximate surface area is 115 Å². The first-order chi connectivity index (χ1) is 8.75. The number of piperazine rings is 1. The summed E-state index contributed by atoms with van der Waals surface area (Å²) < 4.78 is 0. The normalized spacial score (nSPS) is 32.2. The maximum absolute atomic E-state index is 12.9.